The molecule has 0 saturated heterocycles. The molecule has 0 atom stereocenters. The molecule has 4 nitrogen and oxygen atoms in total. The molecule has 1 heterocycles. The smallest absolute Gasteiger partial charge is 0.336 e. The zero-order valence-corrected chi connectivity index (χ0v) is 10.0. The fourth-order valence-corrected chi connectivity index (χ4v) is 2.63. The summed E-state index contributed by atoms with van der Waals surface area (Å²) in [5.41, 5.74) is 0.299. The van der Waals surface area contributed by atoms with E-state index < -0.39 is 5.97 Å². The number of fused-ring (bicyclic) bond motifs is 1. The SMILES string of the molecule is CC(=O)NCc1cc2c(C(=O)O)cccc2s1. The number of thiophene rings is 1. The number of carboxylic acid groups (broad SMARTS) is 1. The van der Waals surface area contributed by atoms with E-state index in [0.29, 0.717) is 12.1 Å². The van der Waals surface area contributed by atoms with Crippen LogP contribution in [0.25, 0.3) is 10.1 Å². The van der Waals surface area contributed by atoms with E-state index in [1.165, 1.54) is 18.3 Å². The molecule has 0 saturated carbocycles. The van der Waals surface area contributed by atoms with E-state index in [0.717, 1.165) is 15.0 Å². The summed E-state index contributed by atoms with van der Waals surface area (Å²) in [7, 11) is 0. The highest BCUT2D eigenvalue weighted by atomic mass is 32.1. The fourth-order valence-electron chi connectivity index (χ4n) is 1.60. The molecule has 0 aliphatic heterocycles. The maximum absolute atomic E-state index is 11.0. The highest BCUT2D eigenvalue weighted by Gasteiger charge is 2.11. The highest BCUT2D eigenvalue weighted by Crippen LogP contribution is 2.28. The van der Waals surface area contributed by atoms with Crippen LogP contribution in [-0.2, 0) is 11.3 Å². The lowest BCUT2D eigenvalue weighted by molar-refractivity contribution is -0.119. The summed E-state index contributed by atoms with van der Waals surface area (Å²) in [5, 5.41) is 12.5. The molecule has 2 rings (SSSR count). The van der Waals surface area contributed by atoms with Crippen LogP contribution in [0.1, 0.15) is 22.2 Å². The van der Waals surface area contributed by atoms with Crippen molar-refractivity contribution in [1.29, 1.82) is 0 Å². The van der Waals surface area contributed by atoms with Crippen molar-refractivity contribution in [2.45, 2.75) is 13.5 Å². The van der Waals surface area contributed by atoms with Crippen molar-refractivity contribution >= 4 is 33.3 Å². The van der Waals surface area contributed by atoms with Crippen LogP contribution in [0.15, 0.2) is 24.3 Å². The number of hydrogen-bond donors (Lipinski definition) is 2. The second kappa shape index (κ2) is 4.55. The van der Waals surface area contributed by atoms with Gasteiger partial charge in [0.2, 0.25) is 5.91 Å². The van der Waals surface area contributed by atoms with Crippen molar-refractivity contribution in [2.24, 2.45) is 0 Å². The number of carbonyl (C=O) groups excluding carboxylic acids is 1. The first-order valence-corrected chi connectivity index (χ1v) is 5.89. The van der Waals surface area contributed by atoms with E-state index in [2.05, 4.69) is 5.32 Å². The van der Waals surface area contributed by atoms with E-state index in [9.17, 15) is 9.59 Å². The normalized spacial score (nSPS) is 10.4. The summed E-state index contributed by atoms with van der Waals surface area (Å²) >= 11 is 1.49. The lowest BCUT2D eigenvalue weighted by Crippen LogP contribution is -2.18. The molecule has 1 aromatic heterocycles. The largest absolute Gasteiger partial charge is 0.478 e. The molecule has 0 fully saturated rings. The van der Waals surface area contributed by atoms with Crippen molar-refractivity contribution in [3.8, 4) is 0 Å². The first kappa shape index (κ1) is 11.6. The number of rotatable bonds is 3. The van der Waals surface area contributed by atoms with E-state index in [-0.39, 0.29) is 5.91 Å². The number of carbonyl (C=O) groups is 2. The molecule has 1 aromatic carbocycles. The van der Waals surface area contributed by atoms with Gasteiger partial charge in [-0.05, 0) is 18.2 Å². The lowest BCUT2D eigenvalue weighted by atomic mass is 10.1. The van der Waals surface area contributed by atoms with Gasteiger partial charge in [-0.2, -0.15) is 0 Å². The Morgan fingerprint density at radius 1 is 1.41 bits per heavy atom. The first-order valence-electron chi connectivity index (χ1n) is 5.07. The Morgan fingerprint density at radius 2 is 2.18 bits per heavy atom. The zero-order valence-electron chi connectivity index (χ0n) is 9.19. The molecule has 17 heavy (non-hydrogen) atoms. The van der Waals surface area contributed by atoms with Crippen molar-refractivity contribution < 1.29 is 14.7 Å². The molecule has 0 spiro atoms. The Kier molecular flexibility index (Phi) is 3.10. The topological polar surface area (TPSA) is 66.4 Å². The molecule has 0 bridgehead atoms. The zero-order chi connectivity index (χ0) is 12.4. The van der Waals surface area contributed by atoms with Gasteiger partial charge in [0.05, 0.1) is 12.1 Å². The van der Waals surface area contributed by atoms with Gasteiger partial charge >= 0.3 is 5.97 Å². The van der Waals surface area contributed by atoms with E-state index >= 15 is 0 Å². The monoisotopic (exact) mass is 249 g/mol. The molecule has 1 amide bonds. The number of hydrogen-bond acceptors (Lipinski definition) is 3. The Balaban J connectivity index is 2.39. The molecule has 0 aliphatic rings. The second-order valence-corrected chi connectivity index (χ2v) is 4.81. The van der Waals surface area contributed by atoms with Gasteiger partial charge in [0.1, 0.15) is 0 Å². The molecule has 0 radical (unpaired) electrons. The number of carboxylic acids is 1. The van der Waals surface area contributed by atoms with Crippen LogP contribution in [0.4, 0.5) is 0 Å². The van der Waals surface area contributed by atoms with Gasteiger partial charge in [-0.25, -0.2) is 4.79 Å². The summed E-state index contributed by atoms with van der Waals surface area (Å²) in [4.78, 5) is 22.8. The van der Waals surface area contributed by atoms with Gasteiger partial charge in [0.25, 0.3) is 0 Å². The minimum Gasteiger partial charge on any atom is -0.478 e. The van der Waals surface area contributed by atoms with Crippen LogP contribution in [0.5, 0.6) is 0 Å². The molecular weight excluding hydrogens is 238 g/mol. The van der Waals surface area contributed by atoms with Crippen LogP contribution in [0.3, 0.4) is 0 Å². The van der Waals surface area contributed by atoms with E-state index in [1.807, 2.05) is 12.1 Å². The third-order valence-corrected chi connectivity index (χ3v) is 3.45. The molecule has 2 aromatic rings. The third-order valence-electron chi connectivity index (χ3n) is 2.35. The van der Waals surface area contributed by atoms with Crippen molar-refractivity contribution in [2.75, 3.05) is 0 Å². The summed E-state index contributed by atoms with van der Waals surface area (Å²) < 4.78 is 0.922. The van der Waals surface area contributed by atoms with Crippen LogP contribution in [0, 0.1) is 0 Å². The Labute approximate surface area is 102 Å². The van der Waals surface area contributed by atoms with Gasteiger partial charge in [-0.15, -0.1) is 11.3 Å². The maximum Gasteiger partial charge on any atom is 0.336 e. The average molecular weight is 249 g/mol. The molecule has 5 heteroatoms. The maximum atomic E-state index is 11.0. The Morgan fingerprint density at radius 3 is 2.82 bits per heavy atom. The van der Waals surface area contributed by atoms with Crippen LogP contribution >= 0.6 is 11.3 Å². The average Bonchev–Trinajstić information content (AvgIpc) is 2.68. The number of amides is 1. The highest BCUT2D eigenvalue weighted by molar-refractivity contribution is 7.19. The second-order valence-electron chi connectivity index (χ2n) is 3.64. The molecule has 0 aliphatic carbocycles. The number of nitrogens with one attached hydrogen (secondary N) is 1. The van der Waals surface area contributed by atoms with Gasteiger partial charge in [0, 0.05) is 21.9 Å². The van der Waals surface area contributed by atoms with Crippen LogP contribution in [0.2, 0.25) is 0 Å². The van der Waals surface area contributed by atoms with Crippen LogP contribution in [-0.4, -0.2) is 17.0 Å². The first-order chi connectivity index (χ1) is 8.08. The van der Waals surface area contributed by atoms with Gasteiger partial charge in [0.15, 0.2) is 0 Å². The summed E-state index contributed by atoms with van der Waals surface area (Å²) in [5.74, 6) is -1.03. The quantitative estimate of drug-likeness (QED) is 0.876. The minimum atomic E-state index is -0.931. The van der Waals surface area contributed by atoms with Gasteiger partial charge in [-0.1, -0.05) is 6.07 Å². The standard InChI is InChI=1S/C12H11NO3S/c1-7(14)13-6-8-5-10-9(12(15)16)3-2-4-11(10)17-8/h2-5H,6H2,1H3,(H,13,14)(H,15,16). The lowest BCUT2D eigenvalue weighted by Gasteiger charge is -1.96. The van der Waals surface area contributed by atoms with Crippen molar-refractivity contribution in [3.05, 3.63) is 34.7 Å². The predicted molar refractivity (Wildman–Crippen MR) is 66.3 cm³/mol. The van der Waals surface area contributed by atoms with E-state index in [1.54, 1.807) is 12.1 Å². The van der Waals surface area contributed by atoms with Crippen molar-refractivity contribution in [1.82, 2.24) is 5.32 Å². The predicted octanol–water partition coefficient (Wildman–Crippen LogP) is 2.24. The number of benzene rings is 1. The van der Waals surface area contributed by atoms with Gasteiger partial charge < -0.3 is 10.4 Å². The third kappa shape index (κ3) is 2.45. The molecular formula is C12H11NO3S. The molecule has 0 unspecified atom stereocenters. The fraction of sp³-hybridized carbons (Fsp3) is 0.167. The Bertz CT molecular complexity index is 588. The van der Waals surface area contributed by atoms with E-state index in [4.69, 9.17) is 5.11 Å². The molecule has 2 N–H and O–H groups in total. The van der Waals surface area contributed by atoms with Gasteiger partial charge in [-0.3, -0.25) is 4.79 Å². The van der Waals surface area contributed by atoms with Crippen molar-refractivity contribution in [3.63, 3.8) is 0 Å². The van der Waals surface area contributed by atoms with Crippen LogP contribution < -0.4 is 5.32 Å². The Hall–Kier alpha value is -1.88. The minimum absolute atomic E-state index is 0.0964. The molecule has 88 valence electrons. The number of aromatic carboxylic acids is 1. The summed E-state index contributed by atoms with van der Waals surface area (Å²) in [6, 6.07) is 7.01. The summed E-state index contributed by atoms with van der Waals surface area (Å²) in [6.45, 7) is 1.89. The summed E-state index contributed by atoms with van der Waals surface area (Å²) in [6.07, 6.45) is 0.